The van der Waals surface area contributed by atoms with Crippen LogP contribution in [0.2, 0.25) is 0 Å². The molecule has 3 aromatic rings. The molecule has 0 unspecified atom stereocenters. The molecular weight excluding hydrogens is 507 g/mol. The first-order chi connectivity index (χ1) is 18.0. The lowest BCUT2D eigenvalue weighted by Gasteiger charge is -2.34. The summed E-state index contributed by atoms with van der Waals surface area (Å²) in [5.41, 5.74) is 2.75. The fourth-order valence-electron chi connectivity index (χ4n) is 4.05. The van der Waals surface area contributed by atoms with Gasteiger partial charge in [0.15, 0.2) is 0 Å². The Balaban J connectivity index is 2.06. The molecule has 0 saturated heterocycles. The third kappa shape index (κ3) is 7.17. The highest BCUT2D eigenvalue weighted by atomic mass is 32.2. The lowest BCUT2D eigenvalue weighted by Crippen LogP contribution is -2.53. The summed E-state index contributed by atoms with van der Waals surface area (Å²) >= 11 is 0. The van der Waals surface area contributed by atoms with E-state index in [0.717, 1.165) is 37.4 Å². The maximum Gasteiger partial charge on any atom is 0.304 e. The first kappa shape index (κ1) is 28.8. The van der Waals surface area contributed by atoms with Gasteiger partial charge in [0.2, 0.25) is 11.8 Å². The van der Waals surface area contributed by atoms with E-state index >= 15 is 0 Å². The van der Waals surface area contributed by atoms with E-state index in [9.17, 15) is 22.4 Å². The van der Waals surface area contributed by atoms with Crippen LogP contribution in [0.5, 0.6) is 0 Å². The molecule has 1 atom stereocenters. The molecule has 202 valence electrons. The van der Waals surface area contributed by atoms with E-state index in [-0.39, 0.29) is 24.6 Å². The zero-order valence-corrected chi connectivity index (χ0v) is 22.8. The number of hydrogen-bond acceptors (Lipinski definition) is 4. The summed E-state index contributed by atoms with van der Waals surface area (Å²) in [6, 6.07) is 20.8. The fourth-order valence-corrected chi connectivity index (χ4v) is 5.11. The molecule has 0 aliphatic heterocycles. The maximum atomic E-state index is 14.0. The van der Waals surface area contributed by atoms with E-state index in [1.54, 1.807) is 0 Å². The summed E-state index contributed by atoms with van der Waals surface area (Å²) in [7, 11) is 0.0713. The van der Waals surface area contributed by atoms with E-state index < -0.39 is 34.5 Å². The maximum absolute atomic E-state index is 14.0. The van der Waals surface area contributed by atoms with Crippen molar-refractivity contribution in [3.8, 4) is 0 Å². The molecule has 2 amide bonds. The predicted octanol–water partition coefficient (Wildman–Crippen LogP) is 3.13. The highest BCUT2D eigenvalue weighted by Crippen LogP contribution is 2.22. The molecule has 0 aromatic heterocycles. The second kappa shape index (κ2) is 12.7. The van der Waals surface area contributed by atoms with Crippen molar-refractivity contribution in [2.45, 2.75) is 25.9 Å². The van der Waals surface area contributed by atoms with Crippen molar-refractivity contribution in [3.63, 3.8) is 0 Å². The molecule has 0 fully saturated rings. The minimum absolute atomic E-state index is 0.0880. The zero-order valence-electron chi connectivity index (χ0n) is 22.0. The molecule has 0 radical (unpaired) electrons. The van der Waals surface area contributed by atoms with Crippen LogP contribution < -0.4 is 9.62 Å². The van der Waals surface area contributed by atoms with Crippen LogP contribution in [0, 0.1) is 12.7 Å². The zero-order chi connectivity index (χ0) is 27.9. The van der Waals surface area contributed by atoms with Crippen molar-refractivity contribution in [2.75, 3.05) is 32.0 Å². The Morgan fingerprint density at radius 1 is 0.921 bits per heavy atom. The van der Waals surface area contributed by atoms with Crippen LogP contribution in [0.1, 0.15) is 16.7 Å². The smallest absolute Gasteiger partial charge is 0.304 e. The average Bonchev–Trinajstić information content (AvgIpc) is 2.89. The Morgan fingerprint density at radius 2 is 1.55 bits per heavy atom. The molecular formula is C28H33FN4O4S. The van der Waals surface area contributed by atoms with Crippen LogP contribution in [-0.4, -0.2) is 63.2 Å². The number of benzene rings is 3. The van der Waals surface area contributed by atoms with Gasteiger partial charge in [-0.2, -0.15) is 12.7 Å². The van der Waals surface area contributed by atoms with Crippen LogP contribution >= 0.6 is 0 Å². The Labute approximate surface area is 223 Å². The lowest BCUT2D eigenvalue weighted by atomic mass is 10.0. The monoisotopic (exact) mass is 540 g/mol. The van der Waals surface area contributed by atoms with Crippen LogP contribution in [-0.2, 0) is 32.8 Å². The Bertz CT molecular complexity index is 1350. The number of nitrogens with one attached hydrogen (secondary N) is 1. The molecule has 0 saturated carbocycles. The van der Waals surface area contributed by atoms with Gasteiger partial charge < -0.3 is 10.2 Å². The van der Waals surface area contributed by atoms with Gasteiger partial charge in [-0.15, -0.1) is 0 Å². The number of aryl methyl sites for hydroxylation is 1. The fraction of sp³-hybridized carbons (Fsp3) is 0.286. The number of likely N-dealkylation sites (N-methyl/N-ethyl adjacent to an activating group) is 1. The lowest BCUT2D eigenvalue weighted by molar-refractivity contribution is -0.139. The van der Waals surface area contributed by atoms with Crippen molar-refractivity contribution in [2.24, 2.45) is 0 Å². The second-order valence-electron chi connectivity index (χ2n) is 9.10. The Hall–Kier alpha value is -3.76. The third-order valence-electron chi connectivity index (χ3n) is 6.09. The summed E-state index contributed by atoms with van der Waals surface area (Å²) in [5, 5.41) is 2.64. The minimum atomic E-state index is -4.13. The number of anilines is 1. The summed E-state index contributed by atoms with van der Waals surface area (Å²) < 4.78 is 42.0. The summed E-state index contributed by atoms with van der Waals surface area (Å²) in [4.78, 5) is 28.5. The highest BCUT2D eigenvalue weighted by molar-refractivity contribution is 7.90. The predicted molar refractivity (Wildman–Crippen MR) is 146 cm³/mol. The Morgan fingerprint density at radius 3 is 2.13 bits per heavy atom. The molecule has 0 aliphatic rings. The van der Waals surface area contributed by atoms with Crippen LogP contribution in [0.4, 0.5) is 10.1 Å². The van der Waals surface area contributed by atoms with Gasteiger partial charge in [0.1, 0.15) is 18.4 Å². The first-order valence-corrected chi connectivity index (χ1v) is 13.5. The molecule has 0 spiro atoms. The number of halogens is 1. The molecule has 8 nitrogen and oxygen atoms in total. The number of nitrogens with zero attached hydrogens (tertiary/aromatic N) is 3. The van der Waals surface area contributed by atoms with Crippen molar-refractivity contribution in [3.05, 3.63) is 101 Å². The van der Waals surface area contributed by atoms with Crippen molar-refractivity contribution in [1.82, 2.24) is 14.5 Å². The summed E-state index contributed by atoms with van der Waals surface area (Å²) in [5.74, 6) is -1.49. The van der Waals surface area contributed by atoms with E-state index in [1.807, 2.05) is 61.5 Å². The number of carbonyl (C=O) groups is 2. The van der Waals surface area contributed by atoms with Gasteiger partial charge in [-0.25, -0.2) is 8.70 Å². The molecule has 1 N–H and O–H groups in total. The molecule has 3 aromatic carbocycles. The van der Waals surface area contributed by atoms with Gasteiger partial charge in [0.05, 0.1) is 5.69 Å². The normalized spacial score (nSPS) is 12.2. The van der Waals surface area contributed by atoms with Crippen molar-refractivity contribution >= 4 is 27.7 Å². The van der Waals surface area contributed by atoms with E-state index in [1.165, 1.54) is 38.2 Å². The number of carbonyl (C=O) groups excluding carboxylic acids is 2. The topological polar surface area (TPSA) is 90.0 Å². The summed E-state index contributed by atoms with van der Waals surface area (Å²) in [6.07, 6.45) is 0.231. The second-order valence-corrected chi connectivity index (χ2v) is 11.2. The molecule has 0 aliphatic carbocycles. The Kier molecular flexibility index (Phi) is 9.60. The van der Waals surface area contributed by atoms with Gasteiger partial charge in [-0.1, -0.05) is 60.2 Å². The van der Waals surface area contributed by atoms with Gasteiger partial charge in [-0.05, 0) is 42.3 Å². The molecule has 0 heterocycles. The molecule has 0 bridgehead atoms. The third-order valence-corrected chi connectivity index (χ3v) is 7.91. The van der Waals surface area contributed by atoms with E-state index in [4.69, 9.17) is 0 Å². The first-order valence-electron chi connectivity index (χ1n) is 12.1. The van der Waals surface area contributed by atoms with Gasteiger partial charge >= 0.3 is 10.2 Å². The van der Waals surface area contributed by atoms with Crippen LogP contribution in [0.25, 0.3) is 0 Å². The average molecular weight is 541 g/mol. The molecule has 10 heteroatoms. The highest BCUT2D eigenvalue weighted by Gasteiger charge is 2.34. The minimum Gasteiger partial charge on any atom is -0.357 e. The number of amides is 2. The van der Waals surface area contributed by atoms with Gasteiger partial charge in [0, 0.05) is 34.1 Å². The van der Waals surface area contributed by atoms with Crippen molar-refractivity contribution in [1.29, 1.82) is 0 Å². The van der Waals surface area contributed by atoms with Crippen molar-refractivity contribution < 1.29 is 22.4 Å². The molecule has 3 rings (SSSR count). The largest absolute Gasteiger partial charge is 0.357 e. The number of rotatable bonds is 11. The number of hydrogen-bond donors (Lipinski definition) is 1. The van der Waals surface area contributed by atoms with E-state index in [0.29, 0.717) is 0 Å². The summed E-state index contributed by atoms with van der Waals surface area (Å²) in [6.45, 7) is 1.43. The SMILES string of the molecule is CNC(=O)[C@H](Cc1ccccc1)N(Cc1cccc(C)c1)C(=O)CN(c1ccc(F)cc1)S(=O)(=O)N(C)C. The quantitative estimate of drug-likeness (QED) is 0.405. The van der Waals surface area contributed by atoms with Gasteiger partial charge in [0.25, 0.3) is 0 Å². The molecule has 38 heavy (non-hydrogen) atoms. The van der Waals surface area contributed by atoms with E-state index in [2.05, 4.69) is 5.32 Å². The van der Waals surface area contributed by atoms with Crippen LogP contribution in [0.3, 0.4) is 0 Å². The standard InChI is InChI=1S/C28H33FN4O4S/c1-21-9-8-12-23(17-21)19-32(26(28(35)30-2)18-22-10-6-5-7-11-22)27(34)20-33(38(36,37)31(3)4)25-15-13-24(29)14-16-25/h5-17,26H,18-20H2,1-4H3,(H,30,35)/t26-/m0/s1. The van der Waals surface area contributed by atoms with Gasteiger partial charge in [-0.3, -0.25) is 9.59 Å². The van der Waals surface area contributed by atoms with Crippen LogP contribution in [0.15, 0.2) is 78.9 Å².